The van der Waals surface area contributed by atoms with Gasteiger partial charge in [0.1, 0.15) is 0 Å². The van der Waals surface area contributed by atoms with E-state index in [-0.39, 0.29) is 0 Å². The molecule has 0 atom stereocenters. The van der Waals surface area contributed by atoms with Crippen LogP contribution in [0.15, 0.2) is 11.8 Å². The molecule has 0 unspecified atom stereocenters. The monoisotopic (exact) mass is 144 g/mol. The minimum absolute atomic E-state index is 0.428. The molecular weight excluding hydrogens is 140 g/mol. The van der Waals surface area contributed by atoms with Gasteiger partial charge in [0.05, 0.1) is 11.1 Å². The number of hydrogen-bond acceptors (Lipinski definition) is 3. The third-order valence-corrected chi connectivity index (χ3v) is 1.82. The molecule has 0 aromatic heterocycles. The Morgan fingerprint density at radius 2 is 2.12 bits per heavy atom. The third kappa shape index (κ3) is 0.788. The van der Waals surface area contributed by atoms with Crippen molar-refractivity contribution in [2.24, 2.45) is 0 Å². The molecule has 0 radical (unpaired) electrons. The summed E-state index contributed by atoms with van der Waals surface area (Å²) in [5, 5.41) is 0.428. The highest BCUT2D eigenvalue weighted by Crippen LogP contribution is 2.09. The molecule has 1 heterocycles. The molecule has 0 fully saturated rings. The number of rotatable bonds is 0. The molecule has 0 spiro atoms. The zero-order chi connectivity index (χ0) is 6.15. The predicted molar refractivity (Wildman–Crippen MR) is 40.0 cm³/mol. The Hall–Kier alpha value is -0.280. The molecule has 0 amide bonds. The molecule has 0 aromatic carbocycles. The van der Waals surface area contributed by atoms with Crippen molar-refractivity contribution in [3.05, 3.63) is 11.8 Å². The minimum atomic E-state index is 0.428. The van der Waals surface area contributed by atoms with Crippen molar-refractivity contribution in [3.63, 3.8) is 0 Å². The van der Waals surface area contributed by atoms with Crippen LogP contribution in [0.1, 0.15) is 6.92 Å². The van der Waals surface area contributed by atoms with E-state index in [4.69, 9.17) is 29.2 Å². The summed E-state index contributed by atoms with van der Waals surface area (Å²) in [5.41, 5.74) is 0.949. The van der Waals surface area contributed by atoms with Crippen LogP contribution in [0.4, 0.5) is 0 Å². The van der Waals surface area contributed by atoms with E-state index in [0.29, 0.717) is 9.92 Å². The number of ether oxygens (including phenoxy) is 1. The third-order valence-electron chi connectivity index (χ3n) is 0.886. The first-order valence-electron chi connectivity index (χ1n) is 2.14. The van der Waals surface area contributed by atoms with Gasteiger partial charge in [-0.25, -0.2) is 0 Å². The number of hydrogen-bond donors (Lipinski definition) is 0. The highest BCUT2D eigenvalue weighted by Gasteiger charge is 2.13. The van der Waals surface area contributed by atoms with Gasteiger partial charge in [0.25, 0.3) is 0 Å². The Kier molecular flexibility index (Phi) is 1.40. The normalized spacial score (nSPS) is 18.4. The van der Waals surface area contributed by atoms with Crippen LogP contribution in [0.2, 0.25) is 0 Å². The quantitative estimate of drug-likeness (QED) is 0.478. The van der Waals surface area contributed by atoms with Crippen molar-refractivity contribution in [2.75, 3.05) is 0 Å². The van der Waals surface area contributed by atoms with Gasteiger partial charge in [-0.05, 0) is 19.1 Å². The Morgan fingerprint density at radius 1 is 1.50 bits per heavy atom. The molecule has 3 heteroatoms. The summed E-state index contributed by atoms with van der Waals surface area (Å²) in [6, 6.07) is 0. The molecule has 0 aliphatic carbocycles. The lowest BCUT2D eigenvalue weighted by molar-refractivity contribution is 0.500. The Bertz CT molecular complexity index is 181. The number of thiocarbonyl (C=S) groups is 2. The fourth-order valence-electron chi connectivity index (χ4n) is 0.410. The Balaban J connectivity index is 2.89. The van der Waals surface area contributed by atoms with Crippen LogP contribution in [-0.4, -0.2) is 9.92 Å². The zero-order valence-corrected chi connectivity index (χ0v) is 5.94. The zero-order valence-electron chi connectivity index (χ0n) is 4.30. The van der Waals surface area contributed by atoms with Crippen molar-refractivity contribution < 1.29 is 4.74 Å². The van der Waals surface area contributed by atoms with Gasteiger partial charge in [-0.2, -0.15) is 0 Å². The van der Waals surface area contributed by atoms with Gasteiger partial charge >= 0.3 is 0 Å². The molecule has 0 bridgehead atoms. The first kappa shape index (κ1) is 5.85. The first-order valence-corrected chi connectivity index (χ1v) is 2.95. The lowest BCUT2D eigenvalue weighted by Gasteiger charge is -1.87. The highest BCUT2D eigenvalue weighted by atomic mass is 32.1. The SMILES string of the molecule is CC1=COC(=S)C1=S. The molecule has 8 heavy (non-hydrogen) atoms. The maximum Gasteiger partial charge on any atom is 0.208 e. The topological polar surface area (TPSA) is 9.23 Å². The van der Waals surface area contributed by atoms with Crippen molar-refractivity contribution >= 4 is 34.4 Å². The summed E-state index contributed by atoms with van der Waals surface area (Å²) >= 11 is 9.53. The van der Waals surface area contributed by atoms with E-state index < -0.39 is 0 Å². The molecule has 0 saturated carbocycles. The summed E-state index contributed by atoms with van der Waals surface area (Å²) < 4.78 is 4.81. The van der Waals surface area contributed by atoms with E-state index in [1.165, 1.54) is 0 Å². The molecule has 1 rings (SSSR count). The molecule has 1 nitrogen and oxygen atoms in total. The van der Waals surface area contributed by atoms with Crippen LogP contribution in [0, 0.1) is 0 Å². The van der Waals surface area contributed by atoms with Gasteiger partial charge in [-0.1, -0.05) is 12.2 Å². The molecule has 42 valence electrons. The first-order chi connectivity index (χ1) is 3.72. The van der Waals surface area contributed by atoms with Gasteiger partial charge < -0.3 is 4.74 Å². The van der Waals surface area contributed by atoms with Crippen LogP contribution >= 0.6 is 24.4 Å². The lowest BCUT2D eigenvalue weighted by atomic mass is 10.3. The smallest absolute Gasteiger partial charge is 0.208 e. The molecule has 1 aliphatic rings. The molecule has 1 aliphatic heterocycles. The van der Waals surface area contributed by atoms with Crippen molar-refractivity contribution in [1.29, 1.82) is 0 Å². The van der Waals surface area contributed by atoms with Crippen molar-refractivity contribution in [1.82, 2.24) is 0 Å². The van der Waals surface area contributed by atoms with E-state index in [2.05, 4.69) is 0 Å². The predicted octanol–water partition coefficient (Wildman–Crippen LogP) is 1.62. The van der Waals surface area contributed by atoms with Gasteiger partial charge in [0, 0.05) is 5.57 Å². The molecule has 0 saturated heterocycles. The van der Waals surface area contributed by atoms with Gasteiger partial charge in [-0.15, -0.1) is 0 Å². The fraction of sp³-hybridized carbons (Fsp3) is 0.200. The van der Waals surface area contributed by atoms with Crippen LogP contribution < -0.4 is 0 Å². The van der Waals surface area contributed by atoms with Gasteiger partial charge in [-0.3, -0.25) is 0 Å². The Morgan fingerprint density at radius 3 is 2.25 bits per heavy atom. The highest BCUT2D eigenvalue weighted by molar-refractivity contribution is 7.89. The summed E-state index contributed by atoms with van der Waals surface area (Å²) in [6.07, 6.45) is 1.57. The average molecular weight is 144 g/mol. The average Bonchev–Trinajstić information content (AvgIpc) is 1.98. The van der Waals surface area contributed by atoms with E-state index >= 15 is 0 Å². The molecule has 0 N–H and O–H groups in total. The van der Waals surface area contributed by atoms with Gasteiger partial charge in [0.15, 0.2) is 0 Å². The van der Waals surface area contributed by atoms with Crippen LogP contribution in [0.3, 0.4) is 0 Å². The molecular formula is C5H4OS2. The standard InChI is InChI=1S/C5H4OS2/c1-3-2-6-5(8)4(3)7/h2H,1H3. The van der Waals surface area contributed by atoms with Crippen LogP contribution in [0.5, 0.6) is 0 Å². The van der Waals surface area contributed by atoms with E-state index in [1.807, 2.05) is 6.92 Å². The summed E-state index contributed by atoms with van der Waals surface area (Å²) in [6.45, 7) is 1.88. The van der Waals surface area contributed by atoms with Crippen molar-refractivity contribution in [3.8, 4) is 0 Å². The largest absolute Gasteiger partial charge is 0.452 e. The van der Waals surface area contributed by atoms with Crippen LogP contribution in [0.25, 0.3) is 0 Å². The van der Waals surface area contributed by atoms with E-state index in [9.17, 15) is 0 Å². The minimum Gasteiger partial charge on any atom is -0.452 e. The second-order valence-electron chi connectivity index (χ2n) is 1.54. The second-order valence-corrected chi connectivity index (χ2v) is 2.31. The van der Waals surface area contributed by atoms with Crippen LogP contribution in [-0.2, 0) is 4.74 Å². The molecule has 0 aromatic rings. The van der Waals surface area contributed by atoms with Gasteiger partial charge in [0.2, 0.25) is 5.05 Å². The van der Waals surface area contributed by atoms with Crippen molar-refractivity contribution in [2.45, 2.75) is 6.92 Å². The summed E-state index contributed by atoms with van der Waals surface area (Å²) in [5.74, 6) is 0. The summed E-state index contributed by atoms with van der Waals surface area (Å²) in [7, 11) is 0. The summed E-state index contributed by atoms with van der Waals surface area (Å²) in [4.78, 5) is 0.667. The maximum absolute atomic E-state index is 4.83. The lowest BCUT2D eigenvalue weighted by Crippen LogP contribution is -2.02. The Labute approximate surface area is 58.3 Å². The second kappa shape index (κ2) is 1.91. The maximum atomic E-state index is 4.83. The van der Waals surface area contributed by atoms with E-state index in [0.717, 1.165) is 5.57 Å². The van der Waals surface area contributed by atoms with E-state index in [1.54, 1.807) is 6.26 Å². The fourth-order valence-corrected chi connectivity index (χ4v) is 0.715.